The van der Waals surface area contributed by atoms with Crippen LogP contribution >= 0.6 is 0 Å². The van der Waals surface area contributed by atoms with E-state index in [0.29, 0.717) is 30.0 Å². The Morgan fingerprint density at radius 3 is 2.53 bits per heavy atom. The van der Waals surface area contributed by atoms with Crippen LogP contribution in [0.4, 0.5) is 0 Å². The van der Waals surface area contributed by atoms with Gasteiger partial charge < -0.3 is 14.8 Å². The summed E-state index contributed by atoms with van der Waals surface area (Å²) < 4.78 is 39.1. The van der Waals surface area contributed by atoms with Crippen LogP contribution < -0.4 is 19.5 Å². The Labute approximate surface area is 190 Å². The Bertz CT molecular complexity index is 1080. The number of hydrogen-bond donors (Lipinski definition) is 2. The van der Waals surface area contributed by atoms with Gasteiger partial charge in [-0.3, -0.25) is 4.79 Å². The van der Waals surface area contributed by atoms with E-state index >= 15 is 0 Å². The van der Waals surface area contributed by atoms with E-state index < -0.39 is 22.2 Å². The van der Waals surface area contributed by atoms with Crippen LogP contribution in [0.25, 0.3) is 0 Å². The summed E-state index contributed by atoms with van der Waals surface area (Å²) in [6.45, 7) is 2.27. The quantitative estimate of drug-likeness (QED) is 0.500. The van der Waals surface area contributed by atoms with Crippen LogP contribution in [0.1, 0.15) is 22.7 Å². The van der Waals surface area contributed by atoms with Crippen molar-refractivity contribution >= 4 is 16.1 Å². The summed E-state index contributed by atoms with van der Waals surface area (Å²) in [5.41, 5.74) is 2.31. The van der Waals surface area contributed by atoms with Crippen molar-refractivity contribution in [2.75, 3.05) is 34.4 Å². The highest BCUT2D eigenvalue weighted by Crippen LogP contribution is 2.28. The Balaban J connectivity index is 2.12. The van der Waals surface area contributed by atoms with Gasteiger partial charge >= 0.3 is 0 Å². The van der Waals surface area contributed by atoms with Crippen molar-refractivity contribution < 1.29 is 22.7 Å². The van der Waals surface area contributed by atoms with Crippen molar-refractivity contribution in [1.29, 1.82) is 0 Å². The maximum Gasteiger partial charge on any atom is 0.279 e. The fourth-order valence-corrected chi connectivity index (χ4v) is 3.70. The monoisotopic (exact) mass is 459 g/mol. The van der Waals surface area contributed by atoms with E-state index in [0.717, 1.165) is 15.4 Å². The zero-order chi connectivity index (χ0) is 23.7. The van der Waals surface area contributed by atoms with Gasteiger partial charge in [-0.1, -0.05) is 36.3 Å². The summed E-state index contributed by atoms with van der Waals surface area (Å²) in [5.74, 6) is 3.04. The minimum absolute atomic E-state index is 0.134. The molecule has 0 aliphatic heterocycles. The third-order valence-electron chi connectivity index (χ3n) is 4.76. The van der Waals surface area contributed by atoms with Crippen LogP contribution in [0.2, 0.25) is 0 Å². The number of amides is 1. The molecule has 0 aromatic heterocycles. The Kier molecular flexibility index (Phi) is 9.08. The SMILES string of the molecule is C#CCOc1ccc(CCNC(=O)C(NS(=O)(=O)N(C)C)c2ccccc2C)cc1OC. The molecule has 2 aromatic rings. The Hall–Kier alpha value is -3.06. The predicted molar refractivity (Wildman–Crippen MR) is 124 cm³/mol. The molecule has 8 nitrogen and oxygen atoms in total. The molecule has 1 unspecified atom stereocenters. The average Bonchev–Trinajstić information content (AvgIpc) is 2.76. The molecule has 0 bridgehead atoms. The van der Waals surface area contributed by atoms with Crippen molar-refractivity contribution in [3.8, 4) is 23.8 Å². The molecule has 0 spiro atoms. The van der Waals surface area contributed by atoms with Gasteiger partial charge in [0.05, 0.1) is 7.11 Å². The number of ether oxygens (including phenoxy) is 2. The lowest BCUT2D eigenvalue weighted by Gasteiger charge is -2.22. The van der Waals surface area contributed by atoms with E-state index in [2.05, 4.69) is 16.0 Å². The third-order valence-corrected chi connectivity index (χ3v) is 6.26. The zero-order valence-electron chi connectivity index (χ0n) is 18.7. The summed E-state index contributed by atoms with van der Waals surface area (Å²) in [7, 11) is 0.512. The van der Waals surface area contributed by atoms with E-state index in [4.69, 9.17) is 15.9 Å². The standard InChI is InChI=1S/C23H29N3O5S/c1-6-15-31-20-12-11-18(16-21(20)30-5)13-14-24-23(27)22(25-32(28,29)26(3)4)19-10-8-7-9-17(19)2/h1,7-12,16,22,25H,13-15H2,2-5H3,(H,24,27). The molecule has 2 rings (SSSR count). The lowest BCUT2D eigenvalue weighted by atomic mass is 10.0. The minimum Gasteiger partial charge on any atom is -0.493 e. The molecular formula is C23H29N3O5S. The van der Waals surface area contributed by atoms with Gasteiger partial charge in [-0.25, -0.2) is 0 Å². The van der Waals surface area contributed by atoms with E-state index in [1.807, 2.05) is 31.2 Å². The first-order valence-corrected chi connectivity index (χ1v) is 11.4. The first-order chi connectivity index (χ1) is 15.2. The summed E-state index contributed by atoms with van der Waals surface area (Å²) >= 11 is 0. The summed E-state index contributed by atoms with van der Waals surface area (Å²) in [5, 5.41) is 2.82. The maximum absolute atomic E-state index is 13.0. The minimum atomic E-state index is -3.83. The van der Waals surface area contributed by atoms with Gasteiger partial charge in [0, 0.05) is 20.6 Å². The fourth-order valence-electron chi connectivity index (χ4n) is 2.96. The highest BCUT2D eigenvalue weighted by molar-refractivity contribution is 7.87. The van der Waals surface area contributed by atoms with E-state index in [-0.39, 0.29) is 6.61 Å². The molecule has 0 fully saturated rings. The maximum atomic E-state index is 13.0. The van der Waals surface area contributed by atoms with Gasteiger partial charge in [0.2, 0.25) is 5.91 Å². The highest BCUT2D eigenvalue weighted by Gasteiger charge is 2.28. The number of carbonyl (C=O) groups excluding carboxylic acids is 1. The normalized spacial score (nSPS) is 12.1. The zero-order valence-corrected chi connectivity index (χ0v) is 19.5. The molecule has 32 heavy (non-hydrogen) atoms. The van der Waals surface area contributed by atoms with Gasteiger partial charge in [-0.2, -0.15) is 17.4 Å². The molecule has 2 N–H and O–H groups in total. The molecule has 0 aliphatic carbocycles. The molecule has 1 atom stereocenters. The molecule has 0 radical (unpaired) electrons. The van der Waals surface area contributed by atoms with Crippen LogP contribution in [-0.2, 0) is 21.4 Å². The van der Waals surface area contributed by atoms with Crippen LogP contribution in [0.3, 0.4) is 0 Å². The molecule has 1 amide bonds. The molecule has 0 saturated heterocycles. The number of terminal acetylenes is 1. The molecule has 0 saturated carbocycles. The number of nitrogens with zero attached hydrogens (tertiary/aromatic N) is 1. The van der Waals surface area contributed by atoms with Gasteiger partial charge in [0.1, 0.15) is 12.6 Å². The summed E-state index contributed by atoms with van der Waals surface area (Å²) in [4.78, 5) is 13.0. The van der Waals surface area contributed by atoms with Crippen molar-refractivity contribution in [3.05, 3.63) is 59.2 Å². The van der Waals surface area contributed by atoms with Crippen LogP contribution in [0.5, 0.6) is 11.5 Å². The topological polar surface area (TPSA) is 97.0 Å². The number of nitrogens with one attached hydrogen (secondary N) is 2. The second-order valence-electron chi connectivity index (χ2n) is 7.21. The lowest BCUT2D eigenvalue weighted by Crippen LogP contribution is -2.45. The van der Waals surface area contributed by atoms with Gasteiger partial charge in [-0.15, -0.1) is 6.42 Å². The van der Waals surface area contributed by atoms with Crippen molar-refractivity contribution in [2.24, 2.45) is 0 Å². The second kappa shape index (κ2) is 11.5. The van der Waals surface area contributed by atoms with E-state index in [1.54, 1.807) is 18.2 Å². The van der Waals surface area contributed by atoms with Gasteiger partial charge in [0.25, 0.3) is 10.2 Å². The van der Waals surface area contributed by atoms with Gasteiger partial charge in [-0.05, 0) is 42.2 Å². The number of carbonyl (C=O) groups is 1. The van der Waals surface area contributed by atoms with E-state index in [9.17, 15) is 13.2 Å². The first kappa shape index (κ1) is 25.2. The largest absolute Gasteiger partial charge is 0.493 e. The van der Waals surface area contributed by atoms with Crippen molar-refractivity contribution in [2.45, 2.75) is 19.4 Å². The Morgan fingerprint density at radius 2 is 1.91 bits per heavy atom. The third kappa shape index (κ3) is 6.72. The summed E-state index contributed by atoms with van der Waals surface area (Å²) in [6.07, 6.45) is 5.73. The van der Waals surface area contributed by atoms with Crippen molar-refractivity contribution in [3.63, 3.8) is 0 Å². The van der Waals surface area contributed by atoms with Crippen molar-refractivity contribution in [1.82, 2.24) is 14.3 Å². The van der Waals surface area contributed by atoms with Gasteiger partial charge in [0.15, 0.2) is 11.5 Å². The average molecular weight is 460 g/mol. The lowest BCUT2D eigenvalue weighted by molar-refractivity contribution is -0.122. The first-order valence-electron chi connectivity index (χ1n) is 9.95. The van der Waals surface area contributed by atoms with Crippen LogP contribution in [0.15, 0.2) is 42.5 Å². The predicted octanol–water partition coefficient (Wildman–Crippen LogP) is 1.81. The molecular weight excluding hydrogens is 430 g/mol. The van der Waals surface area contributed by atoms with E-state index in [1.165, 1.54) is 21.2 Å². The number of rotatable bonds is 11. The van der Waals surface area contributed by atoms with Crippen LogP contribution in [0, 0.1) is 19.3 Å². The highest BCUT2D eigenvalue weighted by atomic mass is 32.2. The number of methoxy groups -OCH3 is 1. The van der Waals surface area contributed by atoms with Crippen LogP contribution in [-0.4, -0.2) is 53.0 Å². The summed E-state index contributed by atoms with van der Waals surface area (Å²) in [6, 6.07) is 11.5. The molecule has 0 heterocycles. The fraction of sp³-hybridized carbons (Fsp3) is 0.348. The molecule has 0 aliphatic rings. The smallest absolute Gasteiger partial charge is 0.279 e. The molecule has 2 aromatic carbocycles. The number of benzene rings is 2. The Morgan fingerprint density at radius 1 is 1.19 bits per heavy atom. The number of aryl methyl sites for hydroxylation is 1. The second-order valence-corrected chi connectivity index (χ2v) is 9.13. The molecule has 9 heteroatoms. The molecule has 172 valence electrons. The number of hydrogen-bond acceptors (Lipinski definition) is 5.